The van der Waals surface area contributed by atoms with Crippen LogP contribution in [-0.2, 0) is 14.2 Å². The average molecular weight is 335 g/mol. The monoisotopic (exact) mass is 335 g/mol. The Hall–Kier alpha value is -1.74. The van der Waals surface area contributed by atoms with Crippen molar-refractivity contribution in [2.24, 2.45) is 5.92 Å². The fraction of sp³-hybridized carbons (Fsp3) is 0.625. The van der Waals surface area contributed by atoms with Crippen molar-refractivity contribution in [1.29, 1.82) is 0 Å². The molecule has 2 fully saturated rings. The fourth-order valence-corrected chi connectivity index (χ4v) is 3.53. The smallest absolute Gasteiger partial charge is 0.225 e. The van der Waals surface area contributed by atoms with Crippen LogP contribution >= 0.6 is 0 Å². The lowest BCUT2D eigenvalue weighted by Crippen LogP contribution is -2.48. The highest BCUT2D eigenvalue weighted by atomic mass is 16.7. The normalized spacial score (nSPS) is 32.0. The zero-order valence-corrected chi connectivity index (χ0v) is 13.9. The summed E-state index contributed by atoms with van der Waals surface area (Å²) >= 11 is 0. The van der Waals surface area contributed by atoms with Crippen molar-refractivity contribution in [2.75, 3.05) is 20.3 Å². The molecule has 0 radical (unpaired) electrons. The van der Waals surface area contributed by atoms with E-state index in [4.69, 9.17) is 18.9 Å². The van der Waals surface area contributed by atoms with Crippen molar-refractivity contribution in [3.8, 4) is 5.88 Å². The molecule has 2 saturated heterocycles. The number of rotatable bonds is 3. The molecule has 24 heavy (non-hydrogen) atoms. The molecular weight excluding hydrogens is 314 g/mol. The second-order valence-corrected chi connectivity index (χ2v) is 6.55. The van der Waals surface area contributed by atoms with E-state index in [1.807, 2.05) is 30.7 Å². The van der Waals surface area contributed by atoms with Crippen LogP contribution in [0.4, 0.5) is 0 Å². The summed E-state index contributed by atoms with van der Waals surface area (Å²) in [7, 11) is 1.58. The van der Waals surface area contributed by atoms with E-state index in [2.05, 4.69) is 9.97 Å². The molecule has 2 aromatic rings. The van der Waals surface area contributed by atoms with Crippen LogP contribution in [0.25, 0.3) is 11.0 Å². The summed E-state index contributed by atoms with van der Waals surface area (Å²) < 4.78 is 25.1. The first kappa shape index (κ1) is 15.8. The van der Waals surface area contributed by atoms with Crippen LogP contribution in [0.15, 0.2) is 18.6 Å². The topological polar surface area (TPSA) is 87.9 Å². The molecule has 0 aliphatic carbocycles. The molecule has 8 nitrogen and oxygen atoms in total. The summed E-state index contributed by atoms with van der Waals surface area (Å²) in [6.07, 6.45) is 2.39. The van der Waals surface area contributed by atoms with Gasteiger partial charge in [-0.2, -0.15) is 0 Å². The Morgan fingerprint density at radius 3 is 3.00 bits per heavy atom. The number of methoxy groups -OCH3 is 1. The molecule has 130 valence electrons. The van der Waals surface area contributed by atoms with Crippen LogP contribution in [-0.4, -0.2) is 58.0 Å². The first-order valence-corrected chi connectivity index (χ1v) is 7.97. The highest BCUT2D eigenvalue weighted by Crippen LogP contribution is 2.43. The van der Waals surface area contributed by atoms with Gasteiger partial charge < -0.3 is 28.6 Å². The zero-order valence-electron chi connectivity index (χ0n) is 13.9. The molecule has 4 rings (SSSR count). The van der Waals surface area contributed by atoms with Crippen LogP contribution < -0.4 is 4.74 Å². The third-order valence-electron chi connectivity index (χ3n) is 4.63. The van der Waals surface area contributed by atoms with Crippen molar-refractivity contribution >= 4 is 11.0 Å². The third kappa shape index (κ3) is 2.37. The van der Waals surface area contributed by atoms with E-state index in [0.29, 0.717) is 18.1 Å². The summed E-state index contributed by atoms with van der Waals surface area (Å²) in [6.45, 7) is 4.12. The lowest BCUT2D eigenvalue weighted by Gasteiger charge is -2.39. The molecule has 1 N–H and O–H groups in total. The zero-order chi connectivity index (χ0) is 16.9. The SMILES string of the molecule is COc1ncnc2c1ccn2[C@@H]1O[C@H](CO)[C@H]2OC(C)(C)OC[C@H]21. The fourth-order valence-electron chi connectivity index (χ4n) is 3.53. The lowest BCUT2D eigenvalue weighted by molar-refractivity contribution is -0.292. The van der Waals surface area contributed by atoms with Gasteiger partial charge in [-0.1, -0.05) is 0 Å². The van der Waals surface area contributed by atoms with Crippen LogP contribution in [0.3, 0.4) is 0 Å². The summed E-state index contributed by atoms with van der Waals surface area (Å²) in [5.74, 6) is -0.201. The third-order valence-corrected chi connectivity index (χ3v) is 4.63. The Balaban J connectivity index is 1.72. The Kier molecular flexibility index (Phi) is 3.72. The number of ether oxygens (including phenoxy) is 4. The van der Waals surface area contributed by atoms with E-state index < -0.39 is 11.9 Å². The minimum Gasteiger partial charge on any atom is -0.480 e. The molecule has 0 aromatic carbocycles. The number of aliphatic hydroxyl groups excluding tert-OH is 1. The molecule has 0 bridgehead atoms. The largest absolute Gasteiger partial charge is 0.480 e. The molecule has 0 amide bonds. The van der Waals surface area contributed by atoms with Crippen molar-refractivity contribution in [1.82, 2.24) is 14.5 Å². The maximum Gasteiger partial charge on any atom is 0.225 e. The summed E-state index contributed by atoms with van der Waals surface area (Å²) in [6, 6.07) is 1.90. The Labute approximate surface area is 139 Å². The van der Waals surface area contributed by atoms with Gasteiger partial charge >= 0.3 is 0 Å². The second-order valence-electron chi connectivity index (χ2n) is 6.55. The summed E-state index contributed by atoms with van der Waals surface area (Å²) in [5, 5.41) is 10.5. The van der Waals surface area contributed by atoms with Gasteiger partial charge in [0.1, 0.15) is 24.3 Å². The Bertz CT molecular complexity index is 746. The van der Waals surface area contributed by atoms with Gasteiger partial charge in [-0.25, -0.2) is 9.97 Å². The number of hydrogen-bond donors (Lipinski definition) is 1. The van der Waals surface area contributed by atoms with Crippen molar-refractivity contribution < 1.29 is 24.1 Å². The molecular formula is C16H21N3O5. The van der Waals surface area contributed by atoms with E-state index in [1.165, 1.54) is 6.33 Å². The van der Waals surface area contributed by atoms with Crippen molar-refractivity contribution in [3.05, 3.63) is 18.6 Å². The van der Waals surface area contributed by atoms with Crippen LogP contribution in [0.1, 0.15) is 20.1 Å². The van der Waals surface area contributed by atoms with Gasteiger partial charge in [0, 0.05) is 6.20 Å². The number of fused-ring (bicyclic) bond motifs is 2. The van der Waals surface area contributed by atoms with E-state index in [1.54, 1.807) is 7.11 Å². The molecule has 2 aliphatic rings. The van der Waals surface area contributed by atoms with Gasteiger partial charge in [-0.3, -0.25) is 0 Å². The van der Waals surface area contributed by atoms with Gasteiger partial charge in [-0.05, 0) is 19.9 Å². The molecule has 0 unspecified atom stereocenters. The van der Waals surface area contributed by atoms with Gasteiger partial charge in [0.2, 0.25) is 5.88 Å². The molecule has 4 heterocycles. The quantitative estimate of drug-likeness (QED) is 0.898. The molecule has 8 heteroatoms. The minimum atomic E-state index is -0.684. The van der Waals surface area contributed by atoms with Crippen LogP contribution in [0.2, 0.25) is 0 Å². The van der Waals surface area contributed by atoms with Crippen LogP contribution in [0.5, 0.6) is 5.88 Å². The highest BCUT2D eigenvalue weighted by Gasteiger charge is 2.51. The predicted molar refractivity (Wildman–Crippen MR) is 83.5 cm³/mol. The van der Waals surface area contributed by atoms with Gasteiger partial charge in [-0.15, -0.1) is 0 Å². The van der Waals surface area contributed by atoms with Gasteiger partial charge in [0.05, 0.1) is 37.7 Å². The highest BCUT2D eigenvalue weighted by molar-refractivity contribution is 5.81. The number of hydrogen-bond acceptors (Lipinski definition) is 7. The molecule has 4 atom stereocenters. The van der Waals surface area contributed by atoms with E-state index in [0.717, 1.165) is 5.39 Å². The van der Waals surface area contributed by atoms with E-state index in [9.17, 15) is 5.11 Å². The number of nitrogens with zero attached hydrogens (tertiary/aromatic N) is 3. The summed E-state index contributed by atoms with van der Waals surface area (Å²) in [4.78, 5) is 8.48. The van der Waals surface area contributed by atoms with E-state index in [-0.39, 0.29) is 24.9 Å². The molecule has 2 aromatic heterocycles. The maximum absolute atomic E-state index is 9.69. The number of aromatic nitrogens is 3. The minimum absolute atomic E-state index is 0.0354. The van der Waals surface area contributed by atoms with Crippen molar-refractivity contribution in [2.45, 2.75) is 38.1 Å². The first-order chi connectivity index (χ1) is 11.5. The number of aliphatic hydroxyl groups is 1. The first-order valence-electron chi connectivity index (χ1n) is 7.97. The lowest BCUT2D eigenvalue weighted by atomic mass is 9.98. The maximum atomic E-state index is 9.69. The molecule has 0 saturated carbocycles. The average Bonchev–Trinajstić information content (AvgIpc) is 3.14. The molecule has 0 spiro atoms. The Morgan fingerprint density at radius 1 is 1.42 bits per heavy atom. The molecule has 2 aliphatic heterocycles. The van der Waals surface area contributed by atoms with Crippen LogP contribution in [0, 0.1) is 5.92 Å². The van der Waals surface area contributed by atoms with Crippen molar-refractivity contribution in [3.63, 3.8) is 0 Å². The van der Waals surface area contributed by atoms with E-state index >= 15 is 0 Å². The van der Waals surface area contributed by atoms with Gasteiger partial charge in [0.15, 0.2) is 5.79 Å². The second kappa shape index (κ2) is 5.66. The summed E-state index contributed by atoms with van der Waals surface area (Å²) in [5.41, 5.74) is 0.717. The predicted octanol–water partition coefficient (Wildman–Crippen LogP) is 1.10. The standard InChI is InChI=1S/C16H21N3O5/c1-16(2)22-7-10-12(24-16)11(6-20)23-15(10)19-5-4-9-13(19)17-8-18-14(9)21-3/h4-5,8,10-12,15,20H,6-7H2,1-3H3/t10-,11-,12+,15-/m1/s1. The van der Waals surface area contributed by atoms with Gasteiger partial charge in [0.25, 0.3) is 0 Å². The Morgan fingerprint density at radius 2 is 2.25 bits per heavy atom.